The average molecular weight is 292 g/mol. The number of hydrogen-bond donors (Lipinski definition) is 0. The summed E-state index contributed by atoms with van der Waals surface area (Å²) in [5, 5.41) is 2.66. The van der Waals surface area contributed by atoms with Gasteiger partial charge >= 0.3 is 0 Å². The Hall–Kier alpha value is -0.860. The summed E-state index contributed by atoms with van der Waals surface area (Å²) in [7, 11) is 0. The van der Waals surface area contributed by atoms with Crippen molar-refractivity contribution in [1.82, 2.24) is 4.90 Å². The van der Waals surface area contributed by atoms with Crippen LogP contribution in [0.5, 0.6) is 0 Å². The highest BCUT2D eigenvalue weighted by atomic mass is 79.9. The molecule has 0 bridgehead atoms. The zero-order valence-electron chi connectivity index (χ0n) is 10.4. The van der Waals surface area contributed by atoms with Gasteiger partial charge in [-0.05, 0) is 35.5 Å². The molecule has 0 spiro atoms. The Morgan fingerprint density at radius 3 is 2.24 bits per heavy atom. The van der Waals surface area contributed by atoms with Gasteiger partial charge in [-0.3, -0.25) is 4.90 Å². The first-order valence-corrected chi connectivity index (χ1v) is 6.94. The maximum atomic E-state index is 3.62. The van der Waals surface area contributed by atoms with Crippen LogP contribution in [-0.4, -0.2) is 18.0 Å². The third-order valence-electron chi connectivity index (χ3n) is 3.25. The van der Waals surface area contributed by atoms with Gasteiger partial charge in [0.15, 0.2) is 0 Å². The Bertz CT molecular complexity index is 503. The van der Waals surface area contributed by atoms with E-state index >= 15 is 0 Å². The van der Waals surface area contributed by atoms with Crippen LogP contribution in [0.4, 0.5) is 0 Å². The van der Waals surface area contributed by atoms with Crippen LogP contribution in [0.3, 0.4) is 0 Å². The maximum absolute atomic E-state index is 3.62. The molecule has 2 rings (SSSR count). The molecule has 0 aromatic heterocycles. The summed E-state index contributed by atoms with van der Waals surface area (Å²) >= 11 is 3.62. The highest BCUT2D eigenvalue weighted by Crippen LogP contribution is 2.27. The lowest BCUT2D eigenvalue weighted by molar-refractivity contribution is 0.297. The van der Waals surface area contributed by atoms with Crippen LogP contribution in [0.1, 0.15) is 19.4 Å². The van der Waals surface area contributed by atoms with Gasteiger partial charge < -0.3 is 0 Å². The van der Waals surface area contributed by atoms with E-state index in [9.17, 15) is 0 Å². The maximum Gasteiger partial charge on any atom is 0.0253 e. The topological polar surface area (TPSA) is 3.24 Å². The van der Waals surface area contributed by atoms with Gasteiger partial charge in [-0.1, -0.05) is 60.1 Å². The van der Waals surface area contributed by atoms with E-state index in [0.717, 1.165) is 19.6 Å². The minimum absolute atomic E-state index is 1.03. The SMILES string of the molecule is CCN(CC)Cc1ccc(Br)c2ccccc12. The number of benzene rings is 2. The average Bonchev–Trinajstić information content (AvgIpc) is 2.38. The molecule has 0 saturated heterocycles. The summed E-state index contributed by atoms with van der Waals surface area (Å²) in [6, 6.07) is 13.0. The predicted molar refractivity (Wildman–Crippen MR) is 78.3 cm³/mol. The smallest absolute Gasteiger partial charge is 0.0253 e. The minimum Gasteiger partial charge on any atom is -0.300 e. The standard InChI is InChI=1S/C15H18BrN/c1-3-17(4-2)11-12-9-10-15(16)14-8-6-5-7-13(12)14/h5-10H,3-4,11H2,1-2H3. The van der Waals surface area contributed by atoms with Crippen molar-refractivity contribution >= 4 is 26.7 Å². The molecule has 0 atom stereocenters. The molecule has 17 heavy (non-hydrogen) atoms. The molecule has 90 valence electrons. The van der Waals surface area contributed by atoms with Crippen molar-refractivity contribution in [2.24, 2.45) is 0 Å². The normalized spacial score (nSPS) is 11.3. The van der Waals surface area contributed by atoms with E-state index in [0.29, 0.717) is 0 Å². The van der Waals surface area contributed by atoms with Crippen LogP contribution in [-0.2, 0) is 6.54 Å². The quantitative estimate of drug-likeness (QED) is 0.805. The first-order chi connectivity index (χ1) is 8.26. The van der Waals surface area contributed by atoms with Crippen molar-refractivity contribution in [3.63, 3.8) is 0 Å². The van der Waals surface area contributed by atoms with Gasteiger partial charge in [0.05, 0.1) is 0 Å². The Labute approximate surface area is 112 Å². The molecule has 0 heterocycles. The van der Waals surface area contributed by atoms with Crippen molar-refractivity contribution in [3.8, 4) is 0 Å². The highest BCUT2D eigenvalue weighted by molar-refractivity contribution is 9.10. The molecule has 0 aliphatic rings. The van der Waals surface area contributed by atoms with Crippen LogP contribution in [0.25, 0.3) is 10.8 Å². The van der Waals surface area contributed by atoms with Gasteiger partial charge in [0.1, 0.15) is 0 Å². The largest absolute Gasteiger partial charge is 0.300 e. The number of nitrogens with zero attached hydrogens (tertiary/aromatic N) is 1. The van der Waals surface area contributed by atoms with E-state index < -0.39 is 0 Å². The predicted octanol–water partition coefficient (Wildman–Crippen LogP) is 4.44. The van der Waals surface area contributed by atoms with E-state index in [4.69, 9.17) is 0 Å². The molecule has 0 fully saturated rings. The molecular weight excluding hydrogens is 274 g/mol. The van der Waals surface area contributed by atoms with Gasteiger partial charge in [-0.25, -0.2) is 0 Å². The fraction of sp³-hybridized carbons (Fsp3) is 0.333. The number of fused-ring (bicyclic) bond motifs is 1. The summed E-state index contributed by atoms with van der Waals surface area (Å²) in [6.07, 6.45) is 0. The summed E-state index contributed by atoms with van der Waals surface area (Å²) in [4.78, 5) is 2.44. The lowest BCUT2D eigenvalue weighted by atomic mass is 10.0. The summed E-state index contributed by atoms with van der Waals surface area (Å²) < 4.78 is 1.18. The van der Waals surface area contributed by atoms with E-state index in [1.54, 1.807) is 0 Å². The van der Waals surface area contributed by atoms with Gasteiger partial charge in [-0.2, -0.15) is 0 Å². The molecule has 2 aromatic rings. The molecule has 0 radical (unpaired) electrons. The Morgan fingerprint density at radius 2 is 1.59 bits per heavy atom. The van der Waals surface area contributed by atoms with Crippen molar-refractivity contribution in [3.05, 3.63) is 46.4 Å². The monoisotopic (exact) mass is 291 g/mol. The van der Waals surface area contributed by atoms with Crippen LogP contribution in [0, 0.1) is 0 Å². The molecule has 0 N–H and O–H groups in total. The van der Waals surface area contributed by atoms with Crippen molar-refractivity contribution in [2.45, 2.75) is 20.4 Å². The number of halogens is 1. The highest BCUT2D eigenvalue weighted by Gasteiger charge is 2.06. The van der Waals surface area contributed by atoms with E-state index in [2.05, 4.69) is 71.1 Å². The van der Waals surface area contributed by atoms with E-state index in [1.807, 2.05) is 0 Å². The van der Waals surface area contributed by atoms with Crippen LogP contribution >= 0.6 is 15.9 Å². The lowest BCUT2D eigenvalue weighted by Crippen LogP contribution is -2.22. The van der Waals surface area contributed by atoms with Crippen molar-refractivity contribution < 1.29 is 0 Å². The molecule has 0 amide bonds. The van der Waals surface area contributed by atoms with Gasteiger partial charge in [0, 0.05) is 11.0 Å². The minimum atomic E-state index is 1.03. The van der Waals surface area contributed by atoms with Crippen LogP contribution in [0.2, 0.25) is 0 Å². The third-order valence-corrected chi connectivity index (χ3v) is 3.94. The molecule has 0 saturated carbocycles. The molecule has 2 aromatic carbocycles. The lowest BCUT2D eigenvalue weighted by Gasteiger charge is -2.19. The Balaban J connectivity index is 2.44. The summed E-state index contributed by atoms with van der Waals surface area (Å²) in [5.41, 5.74) is 1.41. The van der Waals surface area contributed by atoms with Crippen LogP contribution < -0.4 is 0 Å². The van der Waals surface area contributed by atoms with Gasteiger partial charge in [-0.15, -0.1) is 0 Å². The Kier molecular flexibility index (Phi) is 4.19. The molecule has 0 aliphatic carbocycles. The number of hydrogen-bond acceptors (Lipinski definition) is 1. The second-order valence-electron chi connectivity index (χ2n) is 4.21. The second kappa shape index (κ2) is 5.65. The fourth-order valence-corrected chi connectivity index (χ4v) is 2.63. The number of rotatable bonds is 4. The van der Waals surface area contributed by atoms with Gasteiger partial charge in [0.25, 0.3) is 0 Å². The second-order valence-corrected chi connectivity index (χ2v) is 5.07. The van der Waals surface area contributed by atoms with Crippen LogP contribution in [0.15, 0.2) is 40.9 Å². The zero-order chi connectivity index (χ0) is 12.3. The van der Waals surface area contributed by atoms with Gasteiger partial charge in [0.2, 0.25) is 0 Å². The summed E-state index contributed by atoms with van der Waals surface area (Å²) in [6.45, 7) is 7.65. The molecule has 0 aliphatic heterocycles. The van der Waals surface area contributed by atoms with E-state index in [-0.39, 0.29) is 0 Å². The molecule has 0 unspecified atom stereocenters. The molecule has 2 heteroatoms. The Morgan fingerprint density at radius 1 is 0.941 bits per heavy atom. The molecular formula is C15H18BrN. The third kappa shape index (κ3) is 2.70. The first-order valence-electron chi connectivity index (χ1n) is 6.14. The van der Waals surface area contributed by atoms with Crippen molar-refractivity contribution in [2.75, 3.05) is 13.1 Å². The fourth-order valence-electron chi connectivity index (χ4n) is 2.15. The van der Waals surface area contributed by atoms with E-state index in [1.165, 1.54) is 20.8 Å². The first kappa shape index (κ1) is 12.6. The summed E-state index contributed by atoms with van der Waals surface area (Å²) in [5.74, 6) is 0. The van der Waals surface area contributed by atoms with Crippen molar-refractivity contribution in [1.29, 1.82) is 0 Å². The zero-order valence-corrected chi connectivity index (χ0v) is 12.0. The molecule has 1 nitrogen and oxygen atoms in total.